The van der Waals surface area contributed by atoms with Crippen molar-refractivity contribution < 1.29 is 18.9 Å². The predicted molar refractivity (Wildman–Crippen MR) is 94.1 cm³/mol. The molecule has 0 atom stereocenters. The van der Waals surface area contributed by atoms with E-state index in [0.717, 1.165) is 20.1 Å². The number of ether oxygens (including phenoxy) is 4. The molecule has 22 heavy (non-hydrogen) atoms. The fourth-order valence-corrected chi connectivity index (χ4v) is 2.57. The summed E-state index contributed by atoms with van der Waals surface area (Å²) in [5, 5.41) is 0. The van der Waals surface area contributed by atoms with Gasteiger partial charge in [0, 0.05) is 22.2 Å². The second kappa shape index (κ2) is 12.4. The lowest BCUT2D eigenvalue weighted by Gasteiger charge is -2.13. The Bertz CT molecular complexity index is 388. The molecule has 0 aliphatic carbocycles. The van der Waals surface area contributed by atoms with E-state index < -0.39 is 0 Å². The van der Waals surface area contributed by atoms with Gasteiger partial charge in [0.25, 0.3) is 0 Å². The van der Waals surface area contributed by atoms with Gasteiger partial charge in [-0.25, -0.2) is 0 Å². The van der Waals surface area contributed by atoms with Crippen molar-refractivity contribution in [2.45, 2.75) is 27.1 Å². The first kappa shape index (κ1) is 20.1. The highest BCUT2D eigenvalue weighted by Gasteiger charge is 2.08. The maximum absolute atomic E-state index is 5.66. The van der Waals surface area contributed by atoms with Crippen LogP contribution in [0.15, 0.2) is 21.1 Å². The molecule has 126 valence electrons. The summed E-state index contributed by atoms with van der Waals surface area (Å²) in [5.41, 5.74) is 2.23. The Hall–Kier alpha value is 0.0200. The zero-order chi connectivity index (χ0) is 16.2. The van der Waals surface area contributed by atoms with Gasteiger partial charge >= 0.3 is 0 Å². The van der Waals surface area contributed by atoms with Crippen LogP contribution in [0.4, 0.5) is 0 Å². The lowest BCUT2D eigenvalue weighted by atomic mass is 10.1. The van der Waals surface area contributed by atoms with Gasteiger partial charge < -0.3 is 18.9 Å². The van der Waals surface area contributed by atoms with Crippen LogP contribution in [0.25, 0.3) is 0 Å². The lowest BCUT2D eigenvalue weighted by molar-refractivity contribution is 0.0384. The highest BCUT2D eigenvalue weighted by atomic mass is 79.9. The Kier molecular flexibility index (Phi) is 11.3. The first-order valence-electron chi connectivity index (χ1n) is 7.46. The van der Waals surface area contributed by atoms with Crippen LogP contribution in [0, 0.1) is 0 Å². The summed E-state index contributed by atoms with van der Waals surface area (Å²) in [5.74, 6) is 0. The molecule has 1 aromatic carbocycles. The zero-order valence-corrected chi connectivity index (χ0v) is 16.4. The molecule has 4 nitrogen and oxygen atoms in total. The summed E-state index contributed by atoms with van der Waals surface area (Å²) in [7, 11) is 0. The lowest BCUT2D eigenvalue weighted by Crippen LogP contribution is -2.08. The summed E-state index contributed by atoms with van der Waals surface area (Å²) >= 11 is 7.06. The van der Waals surface area contributed by atoms with Gasteiger partial charge in [-0.3, -0.25) is 0 Å². The van der Waals surface area contributed by atoms with Crippen LogP contribution in [0.3, 0.4) is 0 Å². The van der Waals surface area contributed by atoms with Gasteiger partial charge in [0.05, 0.1) is 39.6 Å². The SMILES string of the molecule is CCOCCOCc1cc(Br)c(Br)cc1COCCOCC. The smallest absolute Gasteiger partial charge is 0.0721 e. The minimum Gasteiger partial charge on any atom is -0.379 e. The van der Waals surface area contributed by atoms with Crippen LogP contribution in [0.2, 0.25) is 0 Å². The van der Waals surface area contributed by atoms with Crippen molar-refractivity contribution >= 4 is 31.9 Å². The van der Waals surface area contributed by atoms with Crippen LogP contribution < -0.4 is 0 Å². The molecular weight excluding hydrogens is 416 g/mol. The number of hydrogen-bond acceptors (Lipinski definition) is 4. The molecule has 1 aromatic rings. The van der Waals surface area contributed by atoms with Gasteiger partial charge in [-0.05, 0) is 69.0 Å². The highest BCUT2D eigenvalue weighted by molar-refractivity contribution is 9.13. The quantitative estimate of drug-likeness (QED) is 0.454. The Morgan fingerprint density at radius 3 is 1.41 bits per heavy atom. The molecule has 0 aliphatic heterocycles. The van der Waals surface area contributed by atoms with Gasteiger partial charge in [0.15, 0.2) is 0 Å². The van der Waals surface area contributed by atoms with Crippen molar-refractivity contribution in [2.24, 2.45) is 0 Å². The Balaban J connectivity index is 2.51. The third-order valence-corrected chi connectivity index (χ3v) is 4.75. The van der Waals surface area contributed by atoms with Crippen molar-refractivity contribution in [1.29, 1.82) is 0 Å². The standard InChI is InChI=1S/C16H24Br2O4/c1-3-19-5-7-21-11-13-9-15(17)16(18)10-14(13)12-22-8-6-20-4-2/h9-10H,3-8,11-12H2,1-2H3. The third-order valence-electron chi connectivity index (χ3n) is 2.91. The largest absolute Gasteiger partial charge is 0.379 e. The molecule has 6 heteroatoms. The first-order valence-corrected chi connectivity index (χ1v) is 9.05. The Morgan fingerprint density at radius 1 is 0.682 bits per heavy atom. The number of rotatable bonds is 12. The van der Waals surface area contributed by atoms with Crippen molar-refractivity contribution in [3.05, 3.63) is 32.2 Å². The molecule has 0 N–H and O–H groups in total. The predicted octanol–water partition coefficient (Wildman–Crippen LogP) is 4.32. The van der Waals surface area contributed by atoms with Crippen LogP contribution in [0.5, 0.6) is 0 Å². The van der Waals surface area contributed by atoms with E-state index >= 15 is 0 Å². The summed E-state index contributed by atoms with van der Waals surface area (Å²) in [4.78, 5) is 0. The molecule has 0 heterocycles. The van der Waals surface area contributed by atoms with E-state index in [0.29, 0.717) is 52.9 Å². The Morgan fingerprint density at radius 2 is 1.05 bits per heavy atom. The van der Waals surface area contributed by atoms with Gasteiger partial charge in [-0.15, -0.1) is 0 Å². The number of benzene rings is 1. The van der Waals surface area contributed by atoms with E-state index in [1.807, 2.05) is 13.8 Å². The first-order chi connectivity index (χ1) is 10.7. The van der Waals surface area contributed by atoms with Crippen LogP contribution in [0.1, 0.15) is 25.0 Å². The van der Waals surface area contributed by atoms with Crippen molar-refractivity contribution in [2.75, 3.05) is 39.6 Å². The van der Waals surface area contributed by atoms with E-state index in [1.165, 1.54) is 0 Å². The fraction of sp³-hybridized carbons (Fsp3) is 0.625. The average molecular weight is 440 g/mol. The summed E-state index contributed by atoms with van der Waals surface area (Å²) < 4.78 is 23.9. The molecule has 0 aromatic heterocycles. The van der Waals surface area contributed by atoms with E-state index in [4.69, 9.17) is 18.9 Å². The van der Waals surface area contributed by atoms with E-state index in [2.05, 4.69) is 44.0 Å². The third kappa shape index (κ3) is 8.04. The number of halogens is 2. The summed E-state index contributed by atoms with van der Waals surface area (Å²) in [6.45, 7) is 8.89. The summed E-state index contributed by atoms with van der Waals surface area (Å²) in [6, 6.07) is 4.12. The highest BCUT2D eigenvalue weighted by Crippen LogP contribution is 2.27. The van der Waals surface area contributed by atoms with Gasteiger partial charge in [-0.2, -0.15) is 0 Å². The molecule has 0 saturated carbocycles. The van der Waals surface area contributed by atoms with E-state index in [9.17, 15) is 0 Å². The average Bonchev–Trinajstić information content (AvgIpc) is 2.51. The molecule has 0 spiro atoms. The number of hydrogen-bond donors (Lipinski definition) is 0. The second-order valence-electron chi connectivity index (χ2n) is 4.53. The minimum atomic E-state index is 0.545. The molecule has 0 radical (unpaired) electrons. The normalized spacial score (nSPS) is 11.1. The molecule has 1 rings (SSSR count). The molecule has 0 aliphatic rings. The van der Waals surface area contributed by atoms with Crippen LogP contribution in [-0.4, -0.2) is 39.6 Å². The molecule has 0 bridgehead atoms. The topological polar surface area (TPSA) is 36.9 Å². The van der Waals surface area contributed by atoms with Crippen molar-refractivity contribution in [3.8, 4) is 0 Å². The molecule has 0 saturated heterocycles. The molecule has 0 unspecified atom stereocenters. The van der Waals surface area contributed by atoms with Crippen LogP contribution >= 0.6 is 31.9 Å². The fourth-order valence-electron chi connectivity index (χ4n) is 1.79. The van der Waals surface area contributed by atoms with E-state index in [1.54, 1.807) is 0 Å². The molecular formula is C16H24Br2O4. The van der Waals surface area contributed by atoms with Crippen LogP contribution in [-0.2, 0) is 32.2 Å². The summed E-state index contributed by atoms with van der Waals surface area (Å²) in [6.07, 6.45) is 0. The molecule has 0 amide bonds. The zero-order valence-electron chi connectivity index (χ0n) is 13.2. The van der Waals surface area contributed by atoms with Gasteiger partial charge in [0.2, 0.25) is 0 Å². The Labute approximate surface area is 149 Å². The van der Waals surface area contributed by atoms with E-state index in [-0.39, 0.29) is 0 Å². The second-order valence-corrected chi connectivity index (χ2v) is 6.24. The maximum Gasteiger partial charge on any atom is 0.0721 e. The van der Waals surface area contributed by atoms with Gasteiger partial charge in [0.1, 0.15) is 0 Å². The van der Waals surface area contributed by atoms with Gasteiger partial charge in [-0.1, -0.05) is 0 Å². The van der Waals surface area contributed by atoms with Crippen molar-refractivity contribution in [3.63, 3.8) is 0 Å². The molecule has 0 fully saturated rings. The minimum absolute atomic E-state index is 0.545. The van der Waals surface area contributed by atoms with Crippen molar-refractivity contribution in [1.82, 2.24) is 0 Å². The monoisotopic (exact) mass is 438 g/mol. The maximum atomic E-state index is 5.66.